The lowest BCUT2D eigenvalue weighted by Crippen LogP contribution is -1.93. The molecule has 0 saturated heterocycles. The van der Waals surface area contributed by atoms with Crippen LogP contribution in [-0.4, -0.2) is 28.2 Å². The number of hydrogen-bond donors (Lipinski definition) is 1. The van der Waals surface area contributed by atoms with E-state index in [9.17, 15) is 4.79 Å². The summed E-state index contributed by atoms with van der Waals surface area (Å²) in [5.74, 6) is -0.605. The van der Waals surface area contributed by atoms with Gasteiger partial charge < -0.3 is 9.84 Å². The summed E-state index contributed by atoms with van der Waals surface area (Å²) in [6, 6.07) is 3.41. The Bertz CT molecular complexity index is 494. The molecule has 6 heteroatoms. The van der Waals surface area contributed by atoms with Gasteiger partial charge in [0.05, 0.1) is 11.8 Å². The average Bonchev–Trinajstić information content (AvgIpc) is 2.59. The number of ether oxygens (including phenoxy) is 1. The topological polar surface area (TPSA) is 72.3 Å². The molecule has 0 saturated carbocycles. The molecule has 0 aliphatic carbocycles. The molecular formula is C8H6N2O3S. The first-order chi connectivity index (χ1) is 6.70. The van der Waals surface area contributed by atoms with Gasteiger partial charge in [-0.1, -0.05) is 0 Å². The minimum Gasteiger partial charge on any atom is -0.481 e. The van der Waals surface area contributed by atoms with Crippen molar-refractivity contribution in [3.63, 3.8) is 0 Å². The Morgan fingerprint density at radius 2 is 2.29 bits per heavy atom. The molecule has 0 unspecified atom stereocenters. The van der Waals surface area contributed by atoms with Crippen LogP contribution in [0.4, 0.5) is 0 Å². The van der Waals surface area contributed by atoms with Gasteiger partial charge >= 0.3 is 5.97 Å². The summed E-state index contributed by atoms with van der Waals surface area (Å²) in [6.45, 7) is 0. The van der Waals surface area contributed by atoms with Crippen molar-refractivity contribution in [1.29, 1.82) is 0 Å². The Kier molecular flexibility index (Phi) is 2.05. The number of thiazole rings is 1. The smallest absolute Gasteiger partial charge is 0.365 e. The number of methoxy groups -OCH3 is 1. The summed E-state index contributed by atoms with van der Waals surface area (Å²) in [6.07, 6.45) is 0. The van der Waals surface area contributed by atoms with Crippen LogP contribution in [0.25, 0.3) is 10.3 Å². The van der Waals surface area contributed by atoms with Crippen molar-refractivity contribution in [2.45, 2.75) is 0 Å². The van der Waals surface area contributed by atoms with Gasteiger partial charge in [-0.2, -0.15) is 4.98 Å². The van der Waals surface area contributed by atoms with Crippen molar-refractivity contribution in [3.05, 3.63) is 17.1 Å². The third kappa shape index (κ3) is 1.39. The van der Waals surface area contributed by atoms with Crippen molar-refractivity contribution >= 4 is 27.7 Å². The molecule has 0 aliphatic heterocycles. The molecule has 0 aliphatic rings. The molecule has 0 atom stereocenters. The fourth-order valence-electron chi connectivity index (χ4n) is 1.01. The lowest BCUT2D eigenvalue weighted by Gasteiger charge is -1.94. The van der Waals surface area contributed by atoms with E-state index in [0.29, 0.717) is 11.5 Å². The molecule has 14 heavy (non-hydrogen) atoms. The second-order valence-electron chi connectivity index (χ2n) is 2.50. The van der Waals surface area contributed by atoms with Crippen LogP contribution < -0.4 is 4.74 Å². The van der Waals surface area contributed by atoms with E-state index >= 15 is 0 Å². The highest BCUT2D eigenvalue weighted by Gasteiger charge is 2.11. The average molecular weight is 210 g/mol. The van der Waals surface area contributed by atoms with Crippen molar-refractivity contribution < 1.29 is 14.6 Å². The standard InChI is InChI=1S/C8H6N2O3S/c1-13-5-3-2-4-6(9-5)10-7(14-4)8(11)12/h2-3H,1H3,(H,11,12). The minimum atomic E-state index is -1.04. The Morgan fingerprint density at radius 1 is 1.50 bits per heavy atom. The highest BCUT2D eigenvalue weighted by atomic mass is 32.1. The molecule has 2 heterocycles. The van der Waals surface area contributed by atoms with Crippen LogP contribution in [0.3, 0.4) is 0 Å². The Balaban J connectivity index is 2.60. The molecule has 2 aromatic rings. The highest BCUT2D eigenvalue weighted by molar-refractivity contribution is 7.20. The van der Waals surface area contributed by atoms with Crippen LogP contribution in [0.5, 0.6) is 5.88 Å². The predicted molar refractivity (Wildman–Crippen MR) is 50.9 cm³/mol. The van der Waals surface area contributed by atoms with E-state index in [1.807, 2.05) is 0 Å². The lowest BCUT2D eigenvalue weighted by molar-refractivity contribution is 0.0696. The zero-order chi connectivity index (χ0) is 10.1. The molecule has 0 aromatic carbocycles. The quantitative estimate of drug-likeness (QED) is 0.811. The molecule has 0 bridgehead atoms. The van der Waals surface area contributed by atoms with Gasteiger partial charge in [-0.05, 0) is 6.07 Å². The summed E-state index contributed by atoms with van der Waals surface area (Å²) in [4.78, 5) is 18.5. The van der Waals surface area contributed by atoms with Crippen molar-refractivity contribution in [3.8, 4) is 5.88 Å². The van der Waals surface area contributed by atoms with Gasteiger partial charge in [-0.15, -0.1) is 11.3 Å². The number of fused-ring (bicyclic) bond motifs is 1. The number of aromatic nitrogens is 2. The maximum atomic E-state index is 10.6. The van der Waals surface area contributed by atoms with E-state index in [1.165, 1.54) is 7.11 Å². The van der Waals surface area contributed by atoms with Crippen LogP contribution in [0.1, 0.15) is 9.80 Å². The molecule has 2 aromatic heterocycles. The minimum absolute atomic E-state index is 0.0424. The molecule has 2 rings (SSSR count). The summed E-state index contributed by atoms with van der Waals surface area (Å²) >= 11 is 1.10. The second-order valence-corrected chi connectivity index (χ2v) is 3.53. The molecular weight excluding hydrogens is 204 g/mol. The summed E-state index contributed by atoms with van der Waals surface area (Å²) in [5.41, 5.74) is 0.409. The van der Waals surface area contributed by atoms with Gasteiger partial charge in [0, 0.05) is 6.07 Å². The fourth-order valence-corrected chi connectivity index (χ4v) is 1.75. The Hall–Kier alpha value is -1.69. The molecule has 72 valence electrons. The molecule has 0 radical (unpaired) electrons. The normalized spacial score (nSPS) is 10.4. The third-order valence-corrected chi connectivity index (χ3v) is 2.62. The van der Waals surface area contributed by atoms with E-state index in [-0.39, 0.29) is 5.01 Å². The number of hydrogen-bond acceptors (Lipinski definition) is 5. The van der Waals surface area contributed by atoms with E-state index in [4.69, 9.17) is 9.84 Å². The number of carboxylic acids is 1. The van der Waals surface area contributed by atoms with Crippen molar-refractivity contribution in [2.75, 3.05) is 7.11 Å². The van der Waals surface area contributed by atoms with Crippen LogP contribution in [-0.2, 0) is 0 Å². The van der Waals surface area contributed by atoms with Crippen LogP contribution in [0.15, 0.2) is 12.1 Å². The lowest BCUT2D eigenvalue weighted by atomic mass is 10.5. The van der Waals surface area contributed by atoms with E-state index in [2.05, 4.69) is 9.97 Å². The maximum absolute atomic E-state index is 10.6. The number of carbonyl (C=O) groups is 1. The van der Waals surface area contributed by atoms with Crippen LogP contribution in [0.2, 0.25) is 0 Å². The van der Waals surface area contributed by atoms with E-state index in [1.54, 1.807) is 12.1 Å². The highest BCUT2D eigenvalue weighted by Crippen LogP contribution is 2.22. The van der Waals surface area contributed by atoms with Gasteiger partial charge in [-0.3, -0.25) is 0 Å². The van der Waals surface area contributed by atoms with E-state index in [0.717, 1.165) is 16.0 Å². The molecule has 1 N–H and O–H groups in total. The predicted octanol–water partition coefficient (Wildman–Crippen LogP) is 1.40. The molecule has 0 spiro atoms. The van der Waals surface area contributed by atoms with Gasteiger partial charge in [0.15, 0.2) is 5.65 Å². The summed E-state index contributed by atoms with van der Waals surface area (Å²) in [5, 5.41) is 8.74. The molecule has 0 amide bonds. The van der Waals surface area contributed by atoms with Gasteiger partial charge in [-0.25, -0.2) is 9.78 Å². The number of nitrogens with zero attached hydrogens (tertiary/aromatic N) is 2. The van der Waals surface area contributed by atoms with Gasteiger partial charge in [0.1, 0.15) is 0 Å². The summed E-state index contributed by atoms with van der Waals surface area (Å²) < 4.78 is 5.64. The zero-order valence-electron chi connectivity index (χ0n) is 7.22. The SMILES string of the molecule is COc1ccc2sc(C(=O)O)nc2n1. The Morgan fingerprint density at radius 3 is 2.93 bits per heavy atom. The number of carboxylic acid groups (broad SMARTS) is 1. The van der Waals surface area contributed by atoms with Crippen LogP contribution >= 0.6 is 11.3 Å². The molecule has 5 nitrogen and oxygen atoms in total. The Labute approximate surface area is 83.0 Å². The third-order valence-electron chi connectivity index (χ3n) is 1.62. The fraction of sp³-hybridized carbons (Fsp3) is 0.125. The van der Waals surface area contributed by atoms with Gasteiger partial charge in [0.25, 0.3) is 0 Å². The van der Waals surface area contributed by atoms with Crippen LogP contribution in [0, 0.1) is 0 Å². The maximum Gasteiger partial charge on any atom is 0.365 e. The largest absolute Gasteiger partial charge is 0.481 e. The zero-order valence-corrected chi connectivity index (χ0v) is 8.04. The monoisotopic (exact) mass is 210 g/mol. The first kappa shape index (κ1) is 8.89. The summed E-state index contributed by atoms with van der Waals surface area (Å²) in [7, 11) is 1.50. The number of pyridine rings is 1. The first-order valence-electron chi connectivity index (χ1n) is 3.75. The molecule has 0 fully saturated rings. The number of rotatable bonds is 2. The first-order valence-corrected chi connectivity index (χ1v) is 4.57. The van der Waals surface area contributed by atoms with Gasteiger partial charge in [0.2, 0.25) is 10.9 Å². The van der Waals surface area contributed by atoms with Crippen molar-refractivity contribution in [2.24, 2.45) is 0 Å². The number of aromatic carboxylic acids is 1. The second kappa shape index (κ2) is 3.22. The van der Waals surface area contributed by atoms with Crippen molar-refractivity contribution in [1.82, 2.24) is 9.97 Å². The van der Waals surface area contributed by atoms with E-state index < -0.39 is 5.97 Å².